The Morgan fingerprint density at radius 2 is 1.69 bits per heavy atom. The molecule has 6 rings (SSSR count). The Balaban J connectivity index is 1.49. The molecule has 2 saturated carbocycles. The number of pyridine rings is 1. The van der Waals surface area contributed by atoms with Gasteiger partial charge in [0.1, 0.15) is 22.4 Å². The number of amides is 2. The van der Waals surface area contributed by atoms with E-state index in [9.17, 15) is 27.9 Å². The van der Waals surface area contributed by atoms with Gasteiger partial charge in [-0.1, -0.05) is 13.8 Å². The highest BCUT2D eigenvalue weighted by atomic mass is 19.4. The van der Waals surface area contributed by atoms with Crippen molar-refractivity contribution >= 4 is 28.8 Å². The van der Waals surface area contributed by atoms with Crippen molar-refractivity contribution < 1.29 is 50.9 Å². The summed E-state index contributed by atoms with van der Waals surface area (Å²) in [6, 6.07) is 1.04. The van der Waals surface area contributed by atoms with E-state index in [0.717, 1.165) is 6.07 Å². The second-order valence-electron chi connectivity index (χ2n) is 16.1. The van der Waals surface area contributed by atoms with Gasteiger partial charge in [-0.2, -0.15) is 5.10 Å². The van der Waals surface area contributed by atoms with Crippen LogP contribution in [-0.4, -0.2) is 73.7 Å². The first kappa shape index (κ1) is 37.5. The number of rotatable bonds is 8. The van der Waals surface area contributed by atoms with E-state index in [1.807, 2.05) is 0 Å². The average Bonchev–Trinajstić information content (AvgIpc) is 3.88. The number of benzene rings is 1. The summed E-state index contributed by atoms with van der Waals surface area (Å²) in [4.78, 5) is 31.9. The molecule has 11 nitrogen and oxygen atoms in total. The van der Waals surface area contributed by atoms with Crippen molar-refractivity contribution in [3.05, 3.63) is 35.2 Å². The van der Waals surface area contributed by atoms with E-state index < -0.39 is 64.3 Å². The van der Waals surface area contributed by atoms with Crippen molar-refractivity contribution in [1.82, 2.24) is 19.7 Å². The summed E-state index contributed by atoms with van der Waals surface area (Å²) in [6.45, 7) is 13.8. The van der Waals surface area contributed by atoms with Crippen LogP contribution in [0.2, 0.25) is 0 Å². The Hall–Kier alpha value is -4.21. The van der Waals surface area contributed by atoms with E-state index in [1.54, 1.807) is 65.0 Å². The molecule has 4 atom stereocenters. The molecule has 2 aliphatic carbocycles. The number of anilines is 1. The Morgan fingerprint density at radius 1 is 1.04 bits per heavy atom. The zero-order valence-corrected chi connectivity index (χ0v) is 30.3. The number of aliphatic hydroxyl groups excluding tert-OH is 1. The predicted octanol–water partition coefficient (Wildman–Crippen LogP) is 8.41. The number of aliphatic hydroxyl groups is 1. The van der Waals surface area contributed by atoms with Crippen molar-refractivity contribution in [2.45, 2.75) is 116 Å². The molecule has 284 valence electrons. The van der Waals surface area contributed by atoms with Crippen LogP contribution in [0.15, 0.2) is 12.1 Å². The zero-order chi connectivity index (χ0) is 38.2. The first-order chi connectivity index (χ1) is 24.1. The van der Waals surface area contributed by atoms with Gasteiger partial charge in [-0.05, 0) is 84.6 Å². The molecule has 52 heavy (non-hydrogen) atoms. The fraction of sp³-hybridized carbons (Fsp3) is 0.611. The zero-order valence-electron chi connectivity index (χ0n) is 30.3. The van der Waals surface area contributed by atoms with Crippen LogP contribution in [0.4, 0.5) is 37.2 Å². The average molecular weight is 738 g/mol. The largest absolute Gasteiger partial charge is 0.573 e. The molecule has 2 amide bonds. The second-order valence-corrected chi connectivity index (χ2v) is 16.1. The number of nitrogens with one attached hydrogen (secondary N) is 1. The number of aromatic nitrogens is 3. The maximum atomic E-state index is 17.1. The van der Waals surface area contributed by atoms with Gasteiger partial charge in [0.05, 0.1) is 23.0 Å². The molecule has 1 saturated heterocycles. The van der Waals surface area contributed by atoms with Gasteiger partial charge in [0, 0.05) is 42.3 Å². The van der Waals surface area contributed by atoms with Gasteiger partial charge in [0.25, 0.3) is 0 Å². The summed E-state index contributed by atoms with van der Waals surface area (Å²) in [6.07, 6.45) is -5.17. The third-order valence-electron chi connectivity index (χ3n) is 9.29. The molecule has 0 bridgehead atoms. The molecule has 0 spiro atoms. The minimum atomic E-state index is -5.35. The van der Waals surface area contributed by atoms with E-state index in [2.05, 4.69) is 15.0 Å². The van der Waals surface area contributed by atoms with Crippen LogP contribution in [0.25, 0.3) is 22.2 Å². The topological polar surface area (TPSA) is 128 Å². The molecule has 16 heteroatoms. The summed E-state index contributed by atoms with van der Waals surface area (Å²) < 4.78 is 90.1. The fourth-order valence-corrected chi connectivity index (χ4v) is 7.27. The molecule has 0 radical (unpaired) electrons. The van der Waals surface area contributed by atoms with Crippen LogP contribution in [0.3, 0.4) is 0 Å². The predicted molar refractivity (Wildman–Crippen MR) is 180 cm³/mol. The van der Waals surface area contributed by atoms with Gasteiger partial charge in [-0.15, -0.1) is 13.2 Å². The molecule has 0 unspecified atom stereocenters. The van der Waals surface area contributed by atoms with Crippen molar-refractivity contribution in [3.63, 3.8) is 0 Å². The lowest BCUT2D eigenvalue weighted by atomic mass is 9.97. The molecular formula is C36H44F5N5O6. The van der Waals surface area contributed by atoms with Gasteiger partial charge < -0.3 is 24.2 Å². The van der Waals surface area contributed by atoms with Crippen molar-refractivity contribution in [3.8, 4) is 17.0 Å². The Morgan fingerprint density at radius 3 is 2.25 bits per heavy atom. The minimum absolute atomic E-state index is 0.0164. The van der Waals surface area contributed by atoms with Crippen LogP contribution in [0.1, 0.15) is 104 Å². The molecule has 3 aromatic rings. The van der Waals surface area contributed by atoms with Gasteiger partial charge in [0.15, 0.2) is 17.4 Å². The summed E-state index contributed by atoms with van der Waals surface area (Å²) in [5.74, 6) is -4.64. The molecular weight excluding hydrogens is 693 g/mol. The Kier molecular flexibility index (Phi) is 9.40. The Bertz CT molecular complexity index is 1900. The quantitative estimate of drug-likeness (QED) is 0.221. The van der Waals surface area contributed by atoms with Crippen molar-refractivity contribution in [2.24, 2.45) is 11.8 Å². The maximum Gasteiger partial charge on any atom is 0.573 e. The van der Waals surface area contributed by atoms with Crippen molar-refractivity contribution in [1.29, 1.82) is 0 Å². The second kappa shape index (κ2) is 13.0. The maximum absolute atomic E-state index is 17.1. The van der Waals surface area contributed by atoms with Crippen LogP contribution >= 0.6 is 0 Å². The van der Waals surface area contributed by atoms with Crippen LogP contribution in [0.5, 0.6) is 5.75 Å². The standard InChI is InChI=1S/C36H44F5N5O6/c1-16(2)27-25-29(24-20-15-45(22(11-12-47)23(20)24)33(49)52-35(6,7)8)44-46(18-9-10-18)30(25)26(38)28(43-27)19-13-17(42-32(48)51-34(3,4)5)14-21(37)31(19)50-36(39,40)41/h13-14,16,18,20,22-24,47H,9-12,15H2,1-8H3,(H,42,48)/t20-,22+,23-,24+/m0/s1. The number of piperidine rings is 1. The number of likely N-dealkylation sites (tertiary alicyclic amines) is 1. The van der Waals surface area contributed by atoms with Gasteiger partial charge in [0.2, 0.25) is 0 Å². The number of nitrogens with zero attached hydrogens (tertiary/aromatic N) is 4. The normalized spacial score (nSPS) is 21.8. The highest BCUT2D eigenvalue weighted by Gasteiger charge is 2.64. The van der Waals surface area contributed by atoms with Gasteiger partial charge >= 0.3 is 18.5 Å². The number of hydrogen-bond acceptors (Lipinski definition) is 8. The molecule has 2 aromatic heterocycles. The first-order valence-corrected chi connectivity index (χ1v) is 17.4. The molecule has 3 aliphatic rings. The SMILES string of the molecule is CC(C)c1nc(-c2cc(NC(=O)OC(C)(C)C)cc(F)c2OC(F)(F)F)c(F)c2c1c([C@@H]1[C@H]3CN(C(=O)OC(C)(C)C)[C@H](CCO)[C@H]31)nn2C1CC1. The number of carbonyl (C=O) groups is 2. The summed E-state index contributed by atoms with van der Waals surface area (Å²) in [7, 11) is 0. The number of halogens is 5. The lowest BCUT2D eigenvalue weighted by Crippen LogP contribution is -2.43. The minimum Gasteiger partial charge on any atom is -0.444 e. The Labute approximate surface area is 297 Å². The monoisotopic (exact) mass is 737 g/mol. The summed E-state index contributed by atoms with van der Waals surface area (Å²) >= 11 is 0. The number of ether oxygens (including phenoxy) is 3. The van der Waals surface area contributed by atoms with E-state index in [-0.39, 0.29) is 47.6 Å². The third kappa shape index (κ3) is 7.48. The van der Waals surface area contributed by atoms with Crippen molar-refractivity contribution in [2.75, 3.05) is 18.5 Å². The molecule has 3 fully saturated rings. The van der Waals surface area contributed by atoms with E-state index in [4.69, 9.17) is 14.6 Å². The molecule has 3 heterocycles. The third-order valence-corrected chi connectivity index (χ3v) is 9.29. The van der Waals surface area contributed by atoms with E-state index in [0.29, 0.717) is 48.6 Å². The number of hydrogen-bond donors (Lipinski definition) is 2. The fourth-order valence-electron chi connectivity index (χ4n) is 7.27. The molecule has 2 N–H and O–H groups in total. The highest BCUT2D eigenvalue weighted by Crippen LogP contribution is 2.63. The van der Waals surface area contributed by atoms with Crippen LogP contribution in [-0.2, 0) is 9.47 Å². The van der Waals surface area contributed by atoms with E-state index >= 15 is 8.78 Å². The summed E-state index contributed by atoms with van der Waals surface area (Å²) in [5.41, 5.74) is -2.36. The lowest BCUT2D eigenvalue weighted by Gasteiger charge is -2.31. The van der Waals surface area contributed by atoms with Crippen LogP contribution < -0.4 is 10.1 Å². The van der Waals surface area contributed by atoms with Crippen LogP contribution in [0, 0.1) is 23.5 Å². The molecule has 1 aromatic carbocycles. The first-order valence-electron chi connectivity index (χ1n) is 17.4. The number of fused-ring (bicyclic) bond motifs is 2. The number of alkyl halides is 3. The summed E-state index contributed by atoms with van der Waals surface area (Å²) in [5, 5.41) is 17.6. The lowest BCUT2D eigenvalue weighted by molar-refractivity contribution is -0.275. The van der Waals surface area contributed by atoms with Gasteiger partial charge in [-0.25, -0.2) is 23.4 Å². The highest BCUT2D eigenvalue weighted by molar-refractivity contribution is 5.92. The number of carbonyl (C=O) groups excluding carboxylic acids is 2. The smallest absolute Gasteiger partial charge is 0.444 e. The molecule has 1 aliphatic heterocycles. The van der Waals surface area contributed by atoms with Gasteiger partial charge in [-0.3, -0.25) is 10.00 Å². The van der Waals surface area contributed by atoms with E-state index in [1.165, 1.54) is 0 Å².